The highest BCUT2D eigenvalue weighted by Gasteiger charge is 2.23. The molecule has 21 heavy (non-hydrogen) atoms. The van der Waals surface area contributed by atoms with Gasteiger partial charge in [-0.15, -0.1) is 0 Å². The number of nitrogen functional groups attached to an aromatic ring is 1. The number of amides is 2. The van der Waals surface area contributed by atoms with Gasteiger partial charge in [-0.25, -0.2) is 0 Å². The molecule has 114 valence electrons. The van der Waals surface area contributed by atoms with Gasteiger partial charge in [0.05, 0.1) is 23.8 Å². The third-order valence-electron chi connectivity index (χ3n) is 3.03. The molecule has 2 rings (SSSR count). The quantitative estimate of drug-likeness (QED) is 0.686. The number of carbonyl (C=O) groups is 2. The molecule has 7 heteroatoms. The minimum Gasteiger partial charge on any atom is -0.399 e. The van der Waals surface area contributed by atoms with Gasteiger partial charge in [-0.1, -0.05) is 11.6 Å². The molecule has 0 aliphatic heterocycles. The fourth-order valence-corrected chi connectivity index (χ4v) is 2.04. The largest absolute Gasteiger partial charge is 0.399 e. The minimum absolute atomic E-state index is 0.0604. The number of nitrogens with one attached hydrogen (secondary N) is 2. The van der Waals surface area contributed by atoms with Crippen LogP contribution < -0.4 is 16.4 Å². The Kier molecular flexibility index (Phi) is 5.03. The molecule has 2 amide bonds. The zero-order chi connectivity index (χ0) is 15.4. The molecular weight excluding hydrogens is 292 g/mol. The van der Waals surface area contributed by atoms with Gasteiger partial charge < -0.3 is 16.4 Å². The molecule has 1 saturated carbocycles. The second kappa shape index (κ2) is 6.78. The van der Waals surface area contributed by atoms with Gasteiger partial charge in [0.2, 0.25) is 11.8 Å². The number of hydrogen-bond donors (Lipinski definition) is 3. The van der Waals surface area contributed by atoms with Crippen molar-refractivity contribution in [1.82, 2.24) is 10.2 Å². The summed E-state index contributed by atoms with van der Waals surface area (Å²) in [4.78, 5) is 25.2. The summed E-state index contributed by atoms with van der Waals surface area (Å²) in [6, 6.07) is 5.21. The number of hydrogen-bond acceptors (Lipinski definition) is 4. The van der Waals surface area contributed by atoms with Crippen molar-refractivity contribution in [3.8, 4) is 0 Å². The van der Waals surface area contributed by atoms with Crippen LogP contribution in [0, 0.1) is 0 Å². The lowest BCUT2D eigenvalue weighted by Gasteiger charge is -2.16. The first-order chi connectivity index (χ1) is 9.94. The normalized spacial score (nSPS) is 14.0. The van der Waals surface area contributed by atoms with Crippen molar-refractivity contribution in [2.24, 2.45) is 0 Å². The number of nitrogens with two attached hydrogens (primary N) is 1. The van der Waals surface area contributed by atoms with Crippen molar-refractivity contribution in [3.63, 3.8) is 0 Å². The molecule has 1 aromatic rings. The van der Waals surface area contributed by atoms with E-state index in [0.717, 1.165) is 12.8 Å². The van der Waals surface area contributed by atoms with Crippen LogP contribution in [0.15, 0.2) is 18.2 Å². The van der Waals surface area contributed by atoms with E-state index in [4.69, 9.17) is 17.3 Å². The van der Waals surface area contributed by atoms with E-state index in [1.807, 2.05) is 0 Å². The van der Waals surface area contributed by atoms with Gasteiger partial charge in [-0.2, -0.15) is 0 Å². The number of rotatable bonds is 6. The molecule has 0 aromatic heterocycles. The van der Waals surface area contributed by atoms with Crippen molar-refractivity contribution in [3.05, 3.63) is 23.2 Å². The van der Waals surface area contributed by atoms with Crippen molar-refractivity contribution in [2.45, 2.75) is 18.9 Å². The molecule has 1 aromatic carbocycles. The lowest BCUT2D eigenvalue weighted by molar-refractivity contribution is -0.123. The first-order valence-electron chi connectivity index (χ1n) is 6.77. The first-order valence-corrected chi connectivity index (χ1v) is 7.14. The summed E-state index contributed by atoms with van der Waals surface area (Å²) in [5.74, 6) is -0.306. The van der Waals surface area contributed by atoms with E-state index in [-0.39, 0.29) is 24.9 Å². The van der Waals surface area contributed by atoms with Crippen LogP contribution in [-0.2, 0) is 9.59 Å². The van der Waals surface area contributed by atoms with Gasteiger partial charge in [0, 0.05) is 11.7 Å². The van der Waals surface area contributed by atoms with E-state index in [9.17, 15) is 9.59 Å². The monoisotopic (exact) mass is 310 g/mol. The predicted molar refractivity (Wildman–Crippen MR) is 83.2 cm³/mol. The molecule has 0 heterocycles. The molecule has 0 spiro atoms. The first kappa shape index (κ1) is 15.6. The van der Waals surface area contributed by atoms with E-state index in [1.54, 1.807) is 30.1 Å². The van der Waals surface area contributed by atoms with Gasteiger partial charge in [-0.05, 0) is 38.1 Å². The highest BCUT2D eigenvalue weighted by molar-refractivity contribution is 6.33. The Morgan fingerprint density at radius 1 is 1.33 bits per heavy atom. The number of halogens is 1. The van der Waals surface area contributed by atoms with Gasteiger partial charge >= 0.3 is 0 Å². The van der Waals surface area contributed by atoms with Crippen LogP contribution >= 0.6 is 11.6 Å². The summed E-state index contributed by atoms with van der Waals surface area (Å²) in [7, 11) is 1.72. The molecule has 0 radical (unpaired) electrons. The number of carbonyl (C=O) groups excluding carboxylic acids is 2. The molecule has 1 aliphatic carbocycles. The fourth-order valence-electron chi connectivity index (χ4n) is 1.88. The summed E-state index contributed by atoms with van der Waals surface area (Å²) in [5.41, 5.74) is 6.64. The van der Waals surface area contributed by atoms with Crippen LogP contribution in [0.2, 0.25) is 5.02 Å². The van der Waals surface area contributed by atoms with Crippen molar-refractivity contribution < 1.29 is 9.59 Å². The van der Waals surface area contributed by atoms with Gasteiger partial charge in [0.1, 0.15) is 0 Å². The van der Waals surface area contributed by atoms with E-state index in [2.05, 4.69) is 10.6 Å². The Balaban J connectivity index is 1.80. The van der Waals surface area contributed by atoms with Gasteiger partial charge in [0.15, 0.2) is 0 Å². The van der Waals surface area contributed by atoms with E-state index < -0.39 is 0 Å². The number of anilines is 2. The fraction of sp³-hybridized carbons (Fsp3) is 0.429. The lowest BCUT2D eigenvalue weighted by Crippen LogP contribution is -2.39. The van der Waals surface area contributed by atoms with Crippen molar-refractivity contribution >= 4 is 34.8 Å². The Labute approximate surface area is 128 Å². The molecule has 1 aliphatic rings. The maximum Gasteiger partial charge on any atom is 0.238 e. The Morgan fingerprint density at radius 2 is 2.00 bits per heavy atom. The van der Waals surface area contributed by atoms with Gasteiger partial charge in [0.25, 0.3) is 0 Å². The number of likely N-dealkylation sites (N-methyl/N-ethyl adjacent to an activating group) is 1. The summed E-state index contributed by atoms with van der Waals surface area (Å²) < 4.78 is 0. The summed E-state index contributed by atoms with van der Waals surface area (Å²) in [5, 5.41) is 5.98. The van der Waals surface area contributed by atoms with E-state index in [1.165, 1.54) is 0 Å². The molecule has 0 bridgehead atoms. The predicted octanol–water partition coefficient (Wildman–Crippen LogP) is 1.07. The lowest BCUT2D eigenvalue weighted by atomic mass is 10.3. The standard InChI is InChI=1S/C14H19ClN4O2/c1-19(7-13(20)17-10-3-4-10)8-14(21)18-12-6-9(16)2-5-11(12)15/h2,5-6,10H,3-4,7-8,16H2,1H3,(H,17,20)(H,18,21). The van der Waals surface area contributed by atoms with Crippen LogP contribution in [0.25, 0.3) is 0 Å². The molecular formula is C14H19ClN4O2. The zero-order valence-electron chi connectivity index (χ0n) is 11.9. The summed E-state index contributed by atoms with van der Waals surface area (Å²) in [6.07, 6.45) is 2.09. The van der Waals surface area contributed by atoms with E-state index >= 15 is 0 Å². The van der Waals surface area contributed by atoms with Crippen molar-refractivity contribution in [2.75, 3.05) is 31.2 Å². The SMILES string of the molecule is CN(CC(=O)Nc1cc(N)ccc1Cl)CC(=O)NC1CC1. The highest BCUT2D eigenvalue weighted by Crippen LogP contribution is 2.23. The highest BCUT2D eigenvalue weighted by atomic mass is 35.5. The maximum absolute atomic E-state index is 11.9. The van der Waals surface area contributed by atoms with Crippen LogP contribution in [0.3, 0.4) is 0 Å². The molecule has 1 fully saturated rings. The maximum atomic E-state index is 11.9. The number of nitrogens with zero attached hydrogens (tertiary/aromatic N) is 1. The smallest absolute Gasteiger partial charge is 0.238 e. The van der Waals surface area contributed by atoms with Crippen molar-refractivity contribution in [1.29, 1.82) is 0 Å². The summed E-state index contributed by atoms with van der Waals surface area (Å²) >= 11 is 5.98. The minimum atomic E-state index is -0.246. The van der Waals surface area contributed by atoms with Crippen LogP contribution in [-0.4, -0.2) is 42.9 Å². The average Bonchev–Trinajstić information content (AvgIpc) is 3.17. The molecule has 6 nitrogen and oxygen atoms in total. The Hall–Kier alpha value is -1.79. The molecule has 0 saturated heterocycles. The molecule has 4 N–H and O–H groups in total. The second-order valence-electron chi connectivity index (χ2n) is 5.30. The summed E-state index contributed by atoms with van der Waals surface area (Å²) in [6.45, 7) is 0.289. The second-order valence-corrected chi connectivity index (χ2v) is 5.71. The zero-order valence-corrected chi connectivity index (χ0v) is 12.6. The topological polar surface area (TPSA) is 87.5 Å². The van der Waals surface area contributed by atoms with Crippen LogP contribution in [0.5, 0.6) is 0 Å². The average molecular weight is 311 g/mol. The molecule has 0 unspecified atom stereocenters. The Bertz CT molecular complexity index is 546. The van der Waals surface area contributed by atoms with Gasteiger partial charge in [-0.3, -0.25) is 14.5 Å². The number of benzene rings is 1. The third-order valence-corrected chi connectivity index (χ3v) is 3.36. The molecule has 0 atom stereocenters. The Morgan fingerprint density at radius 3 is 2.67 bits per heavy atom. The third kappa shape index (κ3) is 5.24. The van der Waals surface area contributed by atoms with Crippen LogP contribution in [0.1, 0.15) is 12.8 Å². The van der Waals surface area contributed by atoms with E-state index in [0.29, 0.717) is 22.4 Å². The van der Waals surface area contributed by atoms with Crippen LogP contribution in [0.4, 0.5) is 11.4 Å².